The molecule has 2 rings (SSSR count). The number of carbonyl (C=O) groups is 1. The first-order valence-corrected chi connectivity index (χ1v) is 7.13. The molecule has 0 aliphatic carbocycles. The lowest BCUT2D eigenvalue weighted by atomic mass is 9.89. The van der Waals surface area contributed by atoms with Gasteiger partial charge in [-0.3, -0.25) is 4.79 Å². The maximum Gasteiger partial charge on any atom is 0.225 e. The van der Waals surface area contributed by atoms with E-state index in [4.69, 9.17) is 0 Å². The fourth-order valence-corrected chi connectivity index (χ4v) is 2.20. The Kier molecular flexibility index (Phi) is 4.12. The Balaban J connectivity index is 2.02. The van der Waals surface area contributed by atoms with Gasteiger partial charge >= 0.3 is 0 Å². The molecule has 0 bridgehead atoms. The number of fused-ring (bicyclic) bond motifs is 1. The van der Waals surface area contributed by atoms with Crippen LogP contribution in [-0.4, -0.2) is 22.0 Å². The zero-order chi connectivity index (χ0) is 14.8. The fourth-order valence-electron chi connectivity index (χ4n) is 2.20. The van der Waals surface area contributed by atoms with Crippen LogP contribution in [0.1, 0.15) is 32.8 Å². The molecule has 0 spiro atoms. The van der Waals surface area contributed by atoms with E-state index in [1.54, 1.807) is 6.20 Å². The van der Waals surface area contributed by atoms with Crippen LogP contribution in [0.15, 0.2) is 24.5 Å². The molecule has 4 nitrogen and oxygen atoms in total. The molecule has 2 aromatic heterocycles. The zero-order valence-corrected chi connectivity index (χ0v) is 12.7. The average molecular weight is 273 g/mol. The quantitative estimate of drug-likeness (QED) is 0.910. The van der Waals surface area contributed by atoms with Gasteiger partial charge < -0.3 is 9.88 Å². The summed E-state index contributed by atoms with van der Waals surface area (Å²) in [5.41, 5.74) is 1.92. The van der Waals surface area contributed by atoms with Gasteiger partial charge in [0.15, 0.2) is 0 Å². The van der Waals surface area contributed by atoms with Crippen molar-refractivity contribution in [2.75, 3.05) is 6.54 Å². The van der Waals surface area contributed by atoms with Gasteiger partial charge in [-0.2, -0.15) is 0 Å². The van der Waals surface area contributed by atoms with E-state index in [0.29, 0.717) is 6.54 Å². The predicted molar refractivity (Wildman–Crippen MR) is 81.5 cm³/mol. The number of hydrogen-bond donors (Lipinski definition) is 1. The second kappa shape index (κ2) is 5.65. The van der Waals surface area contributed by atoms with Crippen molar-refractivity contribution in [2.45, 2.75) is 33.6 Å². The van der Waals surface area contributed by atoms with Crippen LogP contribution in [0.5, 0.6) is 0 Å². The van der Waals surface area contributed by atoms with Crippen molar-refractivity contribution >= 4 is 16.9 Å². The van der Waals surface area contributed by atoms with Gasteiger partial charge in [0.05, 0.1) is 0 Å². The highest BCUT2D eigenvalue weighted by Gasteiger charge is 2.24. The zero-order valence-electron chi connectivity index (χ0n) is 12.7. The Bertz CT molecular complexity index is 613. The Hall–Kier alpha value is -1.84. The highest BCUT2D eigenvalue weighted by atomic mass is 16.2. The molecule has 0 saturated heterocycles. The predicted octanol–water partition coefficient (Wildman–Crippen LogP) is 2.67. The second-order valence-electron chi connectivity index (χ2n) is 5.88. The molecule has 0 unspecified atom stereocenters. The molecule has 0 saturated carbocycles. The molecule has 4 heteroatoms. The molecule has 2 heterocycles. The number of nitrogens with one attached hydrogen (secondary N) is 1. The molecule has 20 heavy (non-hydrogen) atoms. The Morgan fingerprint density at radius 2 is 2.20 bits per heavy atom. The molecule has 1 N–H and O–H groups in total. The SMILES string of the molecule is CCC(C)(C)C(=O)NCCc1cn(C)c2ncccc12. The first-order chi connectivity index (χ1) is 9.45. The molecule has 0 atom stereocenters. The molecule has 0 aromatic carbocycles. The van der Waals surface area contributed by atoms with E-state index in [1.165, 1.54) is 10.9 Å². The maximum absolute atomic E-state index is 12.0. The smallest absolute Gasteiger partial charge is 0.225 e. The number of aryl methyl sites for hydroxylation is 1. The van der Waals surface area contributed by atoms with Crippen LogP contribution in [0.25, 0.3) is 11.0 Å². The first kappa shape index (κ1) is 14.6. The molecule has 2 aromatic rings. The first-order valence-electron chi connectivity index (χ1n) is 7.13. The highest BCUT2D eigenvalue weighted by Crippen LogP contribution is 2.20. The van der Waals surface area contributed by atoms with E-state index in [-0.39, 0.29) is 11.3 Å². The number of pyridine rings is 1. The average Bonchev–Trinajstić information content (AvgIpc) is 2.76. The van der Waals surface area contributed by atoms with Crippen LogP contribution in [0.4, 0.5) is 0 Å². The van der Waals surface area contributed by atoms with Crippen LogP contribution < -0.4 is 5.32 Å². The van der Waals surface area contributed by atoms with Gasteiger partial charge in [-0.1, -0.05) is 20.8 Å². The summed E-state index contributed by atoms with van der Waals surface area (Å²) in [5, 5.41) is 4.19. The molecule has 1 amide bonds. The fraction of sp³-hybridized carbons (Fsp3) is 0.500. The van der Waals surface area contributed by atoms with Crippen molar-refractivity contribution in [1.82, 2.24) is 14.9 Å². The van der Waals surface area contributed by atoms with Crippen LogP contribution in [0, 0.1) is 5.41 Å². The maximum atomic E-state index is 12.0. The highest BCUT2D eigenvalue weighted by molar-refractivity contribution is 5.82. The van der Waals surface area contributed by atoms with E-state index < -0.39 is 0 Å². The van der Waals surface area contributed by atoms with Crippen LogP contribution in [-0.2, 0) is 18.3 Å². The van der Waals surface area contributed by atoms with Crippen LogP contribution in [0.3, 0.4) is 0 Å². The van der Waals surface area contributed by atoms with E-state index in [0.717, 1.165) is 18.5 Å². The number of carbonyl (C=O) groups excluding carboxylic acids is 1. The van der Waals surface area contributed by atoms with Gasteiger partial charge in [-0.15, -0.1) is 0 Å². The van der Waals surface area contributed by atoms with Crippen molar-refractivity contribution in [3.63, 3.8) is 0 Å². The van der Waals surface area contributed by atoms with Crippen molar-refractivity contribution in [3.8, 4) is 0 Å². The molecule has 108 valence electrons. The van der Waals surface area contributed by atoms with E-state index in [1.807, 2.05) is 38.5 Å². The number of amides is 1. The molecule has 0 fully saturated rings. The van der Waals surface area contributed by atoms with Gasteiger partial charge in [0.1, 0.15) is 5.65 Å². The number of nitrogens with zero attached hydrogens (tertiary/aromatic N) is 2. The normalized spacial score (nSPS) is 11.8. The standard InChI is InChI=1S/C16H23N3O/c1-5-16(2,3)15(20)18-10-8-12-11-19(4)14-13(12)7-6-9-17-14/h6-7,9,11H,5,8,10H2,1-4H3,(H,18,20). The second-order valence-corrected chi connectivity index (χ2v) is 5.88. The number of hydrogen-bond acceptors (Lipinski definition) is 2. The summed E-state index contributed by atoms with van der Waals surface area (Å²) in [4.78, 5) is 16.4. The molecule has 0 aliphatic rings. The third kappa shape index (κ3) is 2.84. The van der Waals surface area contributed by atoms with Gasteiger partial charge in [-0.25, -0.2) is 4.98 Å². The minimum absolute atomic E-state index is 0.123. The number of rotatable bonds is 5. The van der Waals surface area contributed by atoms with E-state index >= 15 is 0 Å². The van der Waals surface area contributed by atoms with Crippen molar-refractivity contribution < 1.29 is 4.79 Å². The van der Waals surface area contributed by atoms with E-state index in [2.05, 4.69) is 22.6 Å². The van der Waals surface area contributed by atoms with Gasteiger partial charge in [0, 0.05) is 36.8 Å². The lowest BCUT2D eigenvalue weighted by Gasteiger charge is -2.21. The molecule has 0 aliphatic heterocycles. The van der Waals surface area contributed by atoms with E-state index in [9.17, 15) is 4.79 Å². The molecular weight excluding hydrogens is 250 g/mol. The minimum Gasteiger partial charge on any atom is -0.355 e. The van der Waals surface area contributed by atoms with Gasteiger partial charge in [0.25, 0.3) is 0 Å². The summed E-state index contributed by atoms with van der Waals surface area (Å²) in [6.45, 7) is 6.65. The summed E-state index contributed by atoms with van der Waals surface area (Å²) in [7, 11) is 2.00. The summed E-state index contributed by atoms with van der Waals surface area (Å²) < 4.78 is 2.03. The lowest BCUT2D eigenvalue weighted by molar-refractivity contribution is -0.129. The van der Waals surface area contributed by atoms with Crippen molar-refractivity contribution in [2.24, 2.45) is 12.5 Å². The summed E-state index contributed by atoms with van der Waals surface area (Å²) in [6.07, 6.45) is 5.57. The summed E-state index contributed by atoms with van der Waals surface area (Å²) >= 11 is 0. The summed E-state index contributed by atoms with van der Waals surface area (Å²) in [5.74, 6) is 0.123. The molecule has 0 radical (unpaired) electrons. The topological polar surface area (TPSA) is 46.9 Å². The van der Waals surface area contributed by atoms with Crippen molar-refractivity contribution in [3.05, 3.63) is 30.1 Å². The monoisotopic (exact) mass is 273 g/mol. The summed E-state index contributed by atoms with van der Waals surface area (Å²) in [6, 6.07) is 4.03. The Morgan fingerprint density at radius 1 is 1.45 bits per heavy atom. The van der Waals surface area contributed by atoms with Gasteiger partial charge in [-0.05, 0) is 30.5 Å². The number of aromatic nitrogens is 2. The minimum atomic E-state index is -0.291. The van der Waals surface area contributed by atoms with Crippen molar-refractivity contribution in [1.29, 1.82) is 0 Å². The third-order valence-corrected chi connectivity index (χ3v) is 3.99. The van der Waals surface area contributed by atoms with Gasteiger partial charge in [0.2, 0.25) is 5.91 Å². The molecular formula is C16H23N3O. The van der Waals surface area contributed by atoms with Crippen LogP contribution in [0.2, 0.25) is 0 Å². The lowest BCUT2D eigenvalue weighted by Crippen LogP contribution is -2.37. The third-order valence-electron chi connectivity index (χ3n) is 3.99. The van der Waals surface area contributed by atoms with Crippen LogP contribution >= 0.6 is 0 Å². The Morgan fingerprint density at radius 3 is 2.90 bits per heavy atom. The Labute approximate surface area is 120 Å². The largest absolute Gasteiger partial charge is 0.355 e.